The van der Waals surface area contributed by atoms with Crippen LogP contribution in [0.3, 0.4) is 0 Å². The maximum atomic E-state index is 12.3. The Balaban J connectivity index is 2.39. The molecule has 0 heterocycles. The number of halogens is 3. The van der Waals surface area contributed by atoms with Crippen LogP contribution in [0.15, 0.2) is 0 Å². The van der Waals surface area contributed by atoms with Crippen LogP contribution in [0.5, 0.6) is 0 Å². The summed E-state index contributed by atoms with van der Waals surface area (Å²) in [6.45, 7) is -0.911. The molecule has 0 aromatic heterocycles. The Morgan fingerprint density at radius 2 is 1.80 bits per heavy atom. The van der Waals surface area contributed by atoms with E-state index in [-0.39, 0.29) is 12.1 Å². The molecule has 1 aliphatic rings. The molecule has 6 heteroatoms. The van der Waals surface area contributed by atoms with E-state index in [1.165, 1.54) is 0 Å². The van der Waals surface area contributed by atoms with Crippen molar-refractivity contribution < 1.29 is 18.3 Å². The smallest absolute Gasteiger partial charge is 0.394 e. The number of nitrogens with one attached hydrogen (secondary N) is 1. The van der Waals surface area contributed by atoms with Gasteiger partial charge in [0, 0.05) is 12.1 Å². The fourth-order valence-electron chi connectivity index (χ4n) is 1.82. The van der Waals surface area contributed by atoms with E-state index in [1.54, 1.807) is 0 Å². The summed E-state index contributed by atoms with van der Waals surface area (Å²) in [6.07, 6.45) is -1.60. The molecule has 0 amide bonds. The second kappa shape index (κ2) is 5.14. The van der Waals surface area contributed by atoms with E-state index in [4.69, 9.17) is 10.8 Å². The van der Waals surface area contributed by atoms with Crippen LogP contribution in [0.4, 0.5) is 13.2 Å². The zero-order valence-corrected chi connectivity index (χ0v) is 8.43. The molecule has 0 bridgehead atoms. The lowest BCUT2D eigenvalue weighted by Gasteiger charge is -2.30. The number of nitrogens with two attached hydrogens (primary N) is 1. The van der Waals surface area contributed by atoms with Gasteiger partial charge in [-0.15, -0.1) is 0 Å². The molecule has 0 unspecified atom stereocenters. The van der Waals surface area contributed by atoms with Crippen molar-refractivity contribution in [2.45, 2.75) is 50.0 Å². The van der Waals surface area contributed by atoms with Gasteiger partial charge in [0.15, 0.2) is 0 Å². The van der Waals surface area contributed by atoms with Crippen LogP contribution in [0.1, 0.15) is 25.7 Å². The van der Waals surface area contributed by atoms with Crippen LogP contribution in [-0.2, 0) is 0 Å². The molecule has 0 aliphatic heterocycles. The SMILES string of the molecule is N[C@H]1CC[C@H](N[C@H](CO)C(F)(F)F)CC1. The van der Waals surface area contributed by atoms with E-state index in [2.05, 4.69) is 5.32 Å². The predicted octanol–water partition coefficient (Wildman–Crippen LogP) is 0.769. The highest BCUT2D eigenvalue weighted by molar-refractivity contribution is 4.84. The van der Waals surface area contributed by atoms with E-state index >= 15 is 0 Å². The van der Waals surface area contributed by atoms with Crippen molar-refractivity contribution in [2.24, 2.45) is 5.73 Å². The molecule has 1 fully saturated rings. The molecule has 3 nitrogen and oxygen atoms in total. The van der Waals surface area contributed by atoms with Crippen molar-refractivity contribution in [3.05, 3.63) is 0 Å². The first-order chi connectivity index (χ1) is 6.93. The van der Waals surface area contributed by atoms with Gasteiger partial charge < -0.3 is 16.2 Å². The largest absolute Gasteiger partial charge is 0.406 e. The van der Waals surface area contributed by atoms with Crippen LogP contribution in [-0.4, -0.2) is 36.0 Å². The Bertz CT molecular complexity index is 190. The molecule has 1 atom stereocenters. The summed E-state index contributed by atoms with van der Waals surface area (Å²) in [6, 6.07) is -1.87. The first-order valence-corrected chi connectivity index (χ1v) is 5.12. The van der Waals surface area contributed by atoms with E-state index in [1.807, 2.05) is 0 Å². The summed E-state index contributed by atoms with van der Waals surface area (Å²) in [5.41, 5.74) is 5.65. The second-order valence-electron chi connectivity index (χ2n) is 4.06. The molecule has 0 saturated heterocycles. The highest BCUT2D eigenvalue weighted by Gasteiger charge is 2.40. The molecule has 15 heavy (non-hydrogen) atoms. The number of aliphatic hydroxyl groups is 1. The Labute approximate surface area is 86.8 Å². The van der Waals surface area contributed by atoms with Crippen molar-refractivity contribution in [3.8, 4) is 0 Å². The third-order valence-corrected chi connectivity index (χ3v) is 2.79. The fourth-order valence-corrected chi connectivity index (χ4v) is 1.82. The summed E-state index contributed by atoms with van der Waals surface area (Å²) in [5.74, 6) is 0. The highest BCUT2D eigenvalue weighted by Crippen LogP contribution is 2.23. The van der Waals surface area contributed by atoms with Crippen LogP contribution in [0.2, 0.25) is 0 Å². The molecule has 90 valence electrons. The van der Waals surface area contributed by atoms with E-state index < -0.39 is 18.8 Å². The van der Waals surface area contributed by atoms with Crippen molar-refractivity contribution in [1.29, 1.82) is 0 Å². The third-order valence-electron chi connectivity index (χ3n) is 2.79. The summed E-state index contributed by atoms with van der Waals surface area (Å²) in [5, 5.41) is 11.1. The Hall–Kier alpha value is -0.330. The van der Waals surface area contributed by atoms with Crippen molar-refractivity contribution in [3.63, 3.8) is 0 Å². The predicted molar refractivity (Wildman–Crippen MR) is 50.3 cm³/mol. The van der Waals surface area contributed by atoms with Crippen LogP contribution in [0.25, 0.3) is 0 Å². The number of rotatable bonds is 3. The quantitative estimate of drug-likeness (QED) is 0.666. The minimum Gasteiger partial charge on any atom is -0.394 e. The van der Waals surface area contributed by atoms with Crippen LogP contribution < -0.4 is 11.1 Å². The Kier molecular flexibility index (Phi) is 4.36. The standard InChI is InChI=1S/C9H17F3N2O/c10-9(11,12)8(5-15)14-7-3-1-6(13)2-4-7/h6-8,14-15H,1-5,13H2/t6-,7-,8-/m1/s1. The molecule has 0 radical (unpaired) electrons. The lowest BCUT2D eigenvalue weighted by atomic mass is 9.91. The van der Waals surface area contributed by atoms with E-state index in [0.717, 1.165) is 12.8 Å². The van der Waals surface area contributed by atoms with Gasteiger partial charge in [0.1, 0.15) is 6.04 Å². The van der Waals surface area contributed by atoms with Gasteiger partial charge >= 0.3 is 6.18 Å². The van der Waals surface area contributed by atoms with Crippen LogP contribution >= 0.6 is 0 Å². The van der Waals surface area contributed by atoms with Gasteiger partial charge in [0.05, 0.1) is 6.61 Å². The Morgan fingerprint density at radius 3 is 2.20 bits per heavy atom. The first kappa shape index (κ1) is 12.7. The molecule has 1 aliphatic carbocycles. The lowest BCUT2D eigenvalue weighted by molar-refractivity contribution is -0.166. The van der Waals surface area contributed by atoms with Gasteiger partial charge in [0.2, 0.25) is 0 Å². The molecule has 1 rings (SSSR count). The van der Waals surface area contributed by atoms with E-state index in [9.17, 15) is 13.2 Å². The Morgan fingerprint density at radius 1 is 1.27 bits per heavy atom. The van der Waals surface area contributed by atoms with Crippen LogP contribution in [0, 0.1) is 0 Å². The van der Waals surface area contributed by atoms with Gasteiger partial charge in [0.25, 0.3) is 0 Å². The molecule has 4 N–H and O–H groups in total. The second-order valence-corrected chi connectivity index (χ2v) is 4.06. The van der Waals surface area contributed by atoms with Gasteiger partial charge in [-0.1, -0.05) is 0 Å². The molecule has 0 aromatic carbocycles. The summed E-state index contributed by atoms with van der Waals surface area (Å²) < 4.78 is 36.9. The monoisotopic (exact) mass is 226 g/mol. The van der Waals surface area contributed by atoms with Gasteiger partial charge in [-0.25, -0.2) is 0 Å². The topological polar surface area (TPSA) is 58.3 Å². The fraction of sp³-hybridized carbons (Fsp3) is 1.00. The van der Waals surface area contributed by atoms with Crippen molar-refractivity contribution in [1.82, 2.24) is 5.32 Å². The number of hydrogen-bond donors (Lipinski definition) is 3. The van der Waals surface area contributed by atoms with Gasteiger partial charge in [-0.3, -0.25) is 0 Å². The van der Waals surface area contributed by atoms with Gasteiger partial charge in [-0.2, -0.15) is 13.2 Å². The molecule has 0 spiro atoms. The molecular weight excluding hydrogens is 209 g/mol. The average Bonchev–Trinajstić information content (AvgIpc) is 2.15. The lowest BCUT2D eigenvalue weighted by Crippen LogP contribution is -2.51. The average molecular weight is 226 g/mol. The number of aliphatic hydroxyl groups excluding tert-OH is 1. The summed E-state index contributed by atoms with van der Waals surface area (Å²) in [7, 11) is 0. The van der Waals surface area contributed by atoms with Crippen molar-refractivity contribution >= 4 is 0 Å². The maximum absolute atomic E-state index is 12.3. The molecular formula is C9H17F3N2O. The zero-order valence-electron chi connectivity index (χ0n) is 8.43. The molecule has 1 saturated carbocycles. The summed E-state index contributed by atoms with van der Waals surface area (Å²) in [4.78, 5) is 0. The van der Waals surface area contributed by atoms with E-state index in [0.29, 0.717) is 12.8 Å². The number of hydrogen-bond acceptors (Lipinski definition) is 3. The summed E-state index contributed by atoms with van der Waals surface area (Å²) >= 11 is 0. The number of alkyl halides is 3. The maximum Gasteiger partial charge on any atom is 0.406 e. The third kappa shape index (κ3) is 3.96. The minimum absolute atomic E-state index is 0.113. The molecule has 0 aromatic rings. The minimum atomic E-state index is -4.38. The zero-order chi connectivity index (χ0) is 11.5. The highest BCUT2D eigenvalue weighted by atomic mass is 19.4. The normalized spacial score (nSPS) is 30.2. The van der Waals surface area contributed by atoms with Crippen molar-refractivity contribution in [2.75, 3.05) is 6.61 Å². The first-order valence-electron chi connectivity index (χ1n) is 5.12. The van der Waals surface area contributed by atoms with Gasteiger partial charge in [-0.05, 0) is 25.7 Å².